The van der Waals surface area contributed by atoms with Crippen molar-refractivity contribution in [2.45, 2.75) is 18.7 Å². The number of halogens is 1. The van der Waals surface area contributed by atoms with Crippen molar-refractivity contribution in [2.75, 3.05) is 19.8 Å². The highest BCUT2D eigenvalue weighted by atomic mass is 35.5. The standard InChI is InChI=1S/C12H16ClNO5S/c1-3-19-5-4-14-20(17,18)11-7-9(13)6-10(8(11)2)12(15)16/h6-7,14H,3-5H2,1-2H3,(H,15,16). The lowest BCUT2D eigenvalue weighted by atomic mass is 10.1. The first-order valence-corrected chi connectivity index (χ1v) is 7.76. The molecule has 8 heteroatoms. The highest BCUT2D eigenvalue weighted by molar-refractivity contribution is 7.89. The van der Waals surface area contributed by atoms with Crippen molar-refractivity contribution in [1.82, 2.24) is 4.72 Å². The predicted octanol–water partition coefficient (Wildman–Crippen LogP) is 1.66. The zero-order valence-corrected chi connectivity index (χ0v) is 12.7. The molecule has 0 saturated carbocycles. The predicted molar refractivity (Wildman–Crippen MR) is 74.8 cm³/mol. The molecule has 0 aromatic heterocycles. The van der Waals surface area contributed by atoms with E-state index in [1.807, 2.05) is 0 Å². The second-order valence-corrected chi connectivity index (χ2v) is 6.15. The van der Waals surface area contributed by atoms with Gasteiger partial charge in [0.25, 0.3) is 0 Å². The quantitative estimate of drug-likeness (QED) is 0.745. The largest absolute Gasteiger partial charge is 0.478 e. The Hall–Kier alpha value is -1.15. The molecule has 0 heterocycles. The number of aromatic carboxylic acids is 1. The number of benzene rings is 1. The third kappa shape index (κ3) is 4.17. The van der Waals surface area contributed by atoms with Crippen LogP contribution in [0.3, 0.4) is 0 Å². The summed E-state index contributed by atoms with van der Waals surface area (Å²) < 4.78 is 31.6. The van der Waals surface area contributed by atoms with Gasteiger partial charge in [-0.25, -0.2) is 17.9 Å². The average Bonchev–Trinajstić information content (AvgIpc) is 2.36. The van der Waals surface area contributed by atoms with Gasteiger partial charge in [-0.1, -0.05) is 11.6 Å². The fourth-order valence-corrected chi connectivity index (χ4v) is 3.21. The number of hydrogen-bond donors (Lipinski definition) is 2. The van der Waals surface area contributed by atoms with E-state index in [-0.39, 0.29) is 34.2 Å². The van der Waals surface area contributed by atoms with Crippen LogP contribution in [0.15, 0.2) is 17.0 Å². The zero-order valence-electron chi connectivity index (χ0n) is 11.1. The number of carboxylic acid groups (broad SMARTS) is 1. The lowest BCUT2D eigenvalue weighted by molar-refractivity contribution is 0.0696. The molecule has 0 spiro atoms. The molecule has 1 aromatic rings. The number of ether oxygens (including phenoxy) is 1. The minimum Gasteiger partial charge on any atom is -0.478 e. The van der Waals surface area contributed by atoms with E-state index in [0.29, 0.717) is 6.61 Å². The molecule has 0 aliphatic heterocycles. The van der Waals surface area contributed by atoms with E-state index in [0.717, 1.165) is 0 Å². The lowest BCUT2D eigenvalue weighted by Gasteiger charge is -2.12. The third-order valence-electron chi connectivity index (χ3n) is 2.59. The average molecular weight is 322 g/mol. The molecule has 0 fully saturated rings. The summed E-state index contributed by atoms with van der Waals surface area (Å²) in [5, 5.41) is 9.09. The van der Waals surface area contributed by atoms with E-state index >= 15 is 0 Å². The molecule has 6 nitrogen and oxygen atoms in total. The Morgan fingerprint density at radius 2 is 2.10 bits per heavy atom. The molecule has 1 aromatic carbocycles. The van der Waals surface area contributed by atoms with Gasteiger partial charge in [0.05, 0.1) is 17.1 Å². The smallest absolute Gasteiger partial charge is 0.336 e. The van der Waals surface area contributed by atoms with Crippen molar-refractivity contribution in [3.05, 3.63) is 28.3 Å². The van der Waals surface area contributed by atoms with Crippen molar-refractivity contribution in [1.29, 1.82) is 0 Å². The summed E-state index contributed by atoms with van der Waals surface area (Å²) in [4.78, 5) is 10.9. The van der Waals surface area contributed by atoms with E-state index in [2.05, 4.69) is 4.72 Å². The number of hydrogen-bond acceptors (Lipinski definition) is 4. The van der Waals surface area contributed by atoms with Gasteiger partial charge in [0.15, 0.2) is 0 Å². The molecule has 0 saturated heterocycles. The van der Waals surface area contributed by atoms with E-state index in [1.165, 1.54) is 19.1 Å². The van der Waals surface area contributed by atoms with Crippen LogP contribution in [-0.2, 0) is 14.8 Å². The molecule has 0 atom stereocenters. The number of nitrogens with one attached hydrogen (secondary N) is 1. The Labute approximate surface area is 122 Å². The highest BCUT2D eigenvalue weighted by Gasteiger charge is 2.21. The van der Waals surface area contributed by atoms with Crippen LogP contribution in [0.5, 0.6) is 0 Å². The number of carbonyl (C=O) groups is 1. The van der Waals surface area contributed by atoms with Gasteiger partial charge in [0, 0.05) is 18.2 Å². The Morgan fingerprint density at radius 3 is 2.65 bits per heavy atom. The van der Waals surface area contributed by atoms with Gasteiger partial charge < -0.3 is 9.84 Å². The van der Waals surface area contributed by atoms with Crippen molar-refractivity contribution < 1.29 is 23.1 Å². The molecule has 0 aliphatic rings. The van der Waals surface area contributed by atoms with Crippen LogP contribution in [0.4, 0.5) is 0 Å². The van der Waals surface area contributed by atoms with Crippen molar-refractivity contribution in [3.8, 4) is 0 Å². The molecule has 112 valence electrons. The number of rotatable bonds is 7. The number of carboxylic acids is 1. The zero-order chi connectivity index (χ0) is 15.3. The first kappa shape index (κ1) is 16.9. The van der Waals surface area contributed by atoms with Crippen LogP contribution >= 0.6 is 11.6 Å². The summed E-state index contributed by atoms with van der Waals surface area (Å²) >= 11 is 5.78. The van der Waals surface area contributed by atoms with Crippen molar-refractivity contribution in [3.63, 3.8) is 0 Å². The van der Waals surface area contributed by atoms with E-state index in [4.69, 9.17) is 21.4 Å². The van der Waals surface area contributed by atoms with E-state index in [9.17, 15) is 13.2 Å². The minimum absolute atomic E-state index is 0.0539. The fraction of sp³-hybridized carbons (Fsp3) is 0.417. The van der Waals surface area contributed by atoms with Gasteiger partial charge in [-0.2, -0.15) is 0 Å². The summed E-state index contributed by atoms with van der Waals surface area (Å²) in [7, 11) is -3.83. The Kier molecular flexibility index (Phi) is 5.94. The van der Waals surface area contributed by atoms with Crippen molar-refractivity contribution >= 4 is 27.6 Å². The van der Waals surface area contributed by atoms with Gasteiger partial charge >= 0.3 is 5.97 Å². The molecule has 1 rings (SSSR count). The van der Waals surface area contributed by atoms with E-state index in [1.54, 1.807) is 6.92 Å². The SMILES string of the molecule is CCOCCNS(=O)(=O)c1cc(Cl)cc(C(=O)O)c1C. The van der Waals surface area contributed by atoms with Crippen molar-refractivity contribution in [2.24, 2.45) is 0 Å². The summed E-state index contributed by atoms with van der Waals surface area (Å²) in [5.74, 6) is -1.23. The first-order chi connectivity index (χ1) is 9.29. The molecule has 20 heavy (non-hydrogen) atoms. The molecule has 0 unspecified atom stereocenters. The molecule has 2 N–H and O–H groups in total. The van der Waals surface area contributed by atoms with Crippen LogP contribution in [0.25, 0.3) is 0 Å². The van der Waals surface area contributed by atoms with Crippen LogP contribution in [0.2, 0.25) is 5.02 Å². The fourth-order valence-electron chi connectivity index (χ4n) is 1.63. The molecular weight excluding hydrogens is 306 g/mol. The van der Waals surface area contributed by atoms with Crippen LogP contribution in [0, 0.1) is 6.92 Å². The maximum atomic E-state index is 12.1. The highest BCUT2D eigenvalue weighted by Crippen LogP contribution is 2.24. The van der Waals surface area contributed by atoms with Crippen LogP contribution < -0.4 is 4.72 Å². The monoisotopic (exact) mass is 321 g/mol. The van der Waals surface area contributed by atoms with Gasteiger partial charge in [-0.05, 0) is 31.5 Å². The lowest BCUT2D eigenvalue weighted by Crippen LogP contribution is -2.28. The molecular formula is C12H16ClNO5S. The molecule has 0 bridgehead atoms. The second kappa shape index (κ2) is 7.03. The first-order valence-electron chi connectivity index (χ1n) is 5.90. The topological polar surface area (TPSA) is 92.7 Å². The summed E-state index contributed by atoms with van der Waals surface area (Å²) in [6.45, 7) is 4.05. The van der Waals surface area contributed by atoms with Gasteiger partial charge in [0.1, 0.15) is 0 Å². The number of sulfonamides is 1. The van der Waals surface area contributed by atoms with Gasteiger partial charge in [-0.3, -0.25) is 0 Å². The van der Waals surface area contributed by atoms with Crippen LogP contribution in [-0.4, -0.2) is 39.3 Å². The normalized spacial score (nSPS) is 11.6. The molecule has 0 amide bonds. The summed E-state index contributed by atoms with van der Waals surface area (Å²) in [5.41, 5.74) is 0.00786. The third-order valence-corrected chi connectivity index (χ3v) is 4.39. The van der Waals surface area contributed by atoms with Crippen LogP contribution in [0.1, 0.15) is 22.8 Å². The maximum absolute atomic E-state index is 12.1. The second-order valence-electron chi connectivity index (χ2n) is 3.98. The minimum atomic E-state index is -3.83. The Bertz CT molecular complexity index is 600. The maximum Gasteiger partial charge on any atom is 0.336 e. The van der Waals surface area contributed by atoms with Gasteiger partial charge in [-0.15, -0.1) is 0 Å². The van der Waals surface area contributed by atoms with E-state index < -0.39 is 16.0 Å². The van der Waals surface area contributed by atoms with Gasteiger partial charge in [0.2, 0.25) is 10.0 Å². The summed E-state index contributed by atoms with van der Waals surface area (Å²) in [6.07, 6.45) is 0. The molecule has 0 aliphatic carbocycles. The Balaban J connectivity index is 3.09. The molecule has 0 radical (unpaired) electrons. The Morgan fingerprint density at radius 1 is 1.45 bits per heavy atom. The summed E-state index contributed by atoms with van der Waals surface area (Å²) in [6, 6.07) is 2.45.